The van der Waals surface area contributed by atoms with Gasteiger partial charge in [-0.1, -0.05) is 12.1 Å². The SMILES string of the molecule is CCOC[C@@]1(CN)[C@H](c2cccc(F)c2)[C@@H]1S(C)(=O)=O. The van der Waals surface area contributed by atoms with Crippen LogP contribution in [0.4, 0.5) is 4.39 Å². The van der Waals surface area contributed by atoms with E-state index in [9.17, 15) is 12.8 Å². The van der Waals surface area contributed by atoms with Crippen molar-refractivity contribution in [2.24, 2.45) is 11.1 Å². The quantitative estimate of drug-likeness (QED) is 0.860. The maximum atomic E-state index is 13.4. The molecule has 20 heavy (non-hydrogen) atoms. The Balaban J connectivity index is 2.39. The second-order valence-electron chi connectivity index (χ2n) is 5.36. The molecule has 3 atom stereocenters. The number of benzene rings is 1. The molecule has 0 saturated heterocycles. The predicted molar refractivity (Wildman–Crippen MR) is 75.8 cm³/mol. The van der Waals surface area contributed by atoms with Gasteiger partial charge >= 0.3 is 0 Å². The summed E-state index contributed by atoms with van der Waals surface area (Å²) in [5, 5.41) is -0.603. The van der Waals surface area contributed by atoms with Crippen molar-refractivity contribution >= 4 is 9.84 Å². The number of rotatable bonds is 6. The van der Waals surface area contributed by atoms with Crippen molar-refractivity contribution in [1.82, 2.24) is 0 Å². The molecule has 2 N–H and O–H groups in total. The smallest absolute Gasteiger partial charge is 0.151 e. The van der Waals surface area contributed by atoms with E-state index in [0.717, 1.165) is 0 Å². The highest BCUT2D eigenvalue weighted by Crippen LogP contribution is 2.62. The van der Waals surface area contributed by atoms with E-state index in [1.54, 1.807) is 12.1 Å². The molecule has 1 aromatic rings. The summed E-state index contributed by atoms with van der Waals surface area (Å²) in [5.74, 6) is -0.672. The second-order valence-corrected chi connectivity index (χ2v) is 7.52. The Bertz CT molecular complexity index is 590. The summed E-state index contributed by atoms with van der Waals surface area (Å²) in [5.41, 5.74) is 5.85. The Morgan fingerprint density at radius 1 is 1.45 bits per heavy atom. The average molecular weight is 301 g/mol. The molecule has 0 heterocycles. The van der Waals surface area contributed by atoms with Crippen molar-refractivity contribution in [3.8, 4) is 0 Å². The summed E-state index contributed by atoms with van der Waals surface area (Å²) >= 11 is 0. The monoisotopic (exact) mass is 301 g/mol. The van der Waals surface area contributed by atoms with Crippen molar-refractivity contribution in [1.29, 1.82) is 0 Å². The van der Waals surface area contributed by atoms with Crippen LogP contribution in [0.3, 0.4) is 0 Å². The lowest BCUT2D eigenvalue weighted by atomic mass is 10.00. The summed E-state index contributed by atoms with van der Waals surface area (Å²) in [4.78, 5) is 0. The number of hydrogen-bond acceptors (Lipinski definition) is 4. The maximum Gasteiger partial charge on any atom is 0.151 e. The lowest BCUT2D eigenvalue weighted by Crippen LogP contribution is -2.28. The molecule has 1 saturated carbocycles. The third-order valence-electron chi connectivity index (χ3n) is 4.00. The van der Waals surface area contributed by atoms with E-state index in [0.29, 0.717) is 12.2 Å². The molecule has 0 aromatic heterocycles. The third-order valence-corrected chi connectivity index (χ3v) is 5.67. The van der Waals surface area contributed by atoms with Crippen LogP contribution in [-0.2, 0) is 14.6 Å². The van der Waals surface area contributed by atoms with Crippen LogP contribution in [0.1, 0.15) is 18.4 Å². The normalized spacial score (nSPS) is 29.4. The number of hydrogen-bond donors (Lipinski definition) is 1. The summed E-state index contributed by atoms with van der Waals surface area (Å²) in [6.07, 6.45) is 1.20. The zero-order valence-electron chi connectivity index (χ0n) is 11.7. The van der Waals surface area contributed by atoms with Gasteiger partial charge in [0.1, 0.15) is 5.82 Å². The van der Waals surface area contributed by atoms with Crippen molar-refractivity contribution in [3.05, 3.63) is 35.6 Å². The predicted octanol–water partition coefficient (Wildman–Crippen LogP) is 1.32. The van der Waals surface area contributed by atoms with E-state index < -0.39 is 20.5 Å². The van der Waals surface area contributed by atoms with Gasteiger partial charge in [-0.05, 0) is 24.6 Å². The van der Waals surface area contributed by atoms with Gasteiger partial charge in [0.2, 0.25) is 0 Å². The highest BCUT2D eigenvalue weighted by Gasteiger charge is 2.69. The molecule has 0 amide bonds. The Labute approximate surface area is 119 Å². The third kappa shape index (κ3) is 2.60. The molecule has 0 bridgehead atoms. The van der Waals surface area contributed by atoms with Crippen molar-refractivity contribution in [2.45, 2.75) is 18.1 Å². The fourth-order valence-corrected chi connectivity index (χ4v) is 5.11. The van der Waals surface area contributed by atoms with Gasteiger partial charge in [-0.2, -0.15) is 0 Å². The van der Waals surface area contributed by atoms with Crippen LogP contribution < -0.4 is 5.73 Å². The molecule has 6 heteroatoms. The van der Waals surface area contributed by atoms with Crippen LogP contribution >= 0.6 is 0 Å². The molecular weight excluding hydrogens is 281 g/mol. The molecule has 0 aliphatic heterocycles. The zero-order valence-corrected chi connectivity index (χ0v) is 12.5. The maximum absolute atomic E-state index is 13.4. The van der Waals surface area contributed by atoms with Crippen LogP contribution in [0.5, 0.6) is 0 Å². The van der Waals surface area contributed by atoms with Gasteiger partial charge in [0, 0.05) is 30.7 Å². The van der Waals surface area contributed by atoms with Crippen molar-refractivity contribution < 1.29 is 17.5 Å². The molecule has 1 aromatic carbocycles. The van der Waals surface area contributed by atoms with Crippen LogP contribution in [0, 0.1) is 11.2 Å². The van der Waals surface area contributed by atoms with Crippen LogP contribution in [-0.4, -0.2) is 39.7 Å². The number of ether oxygens (including phenoxy) is 1. The van der Waals surface area contributed by atoms with Crippen LogP contribution in [0.15, 0.2) is 24.3 Å². The van der Waals surface area contributed by atoms with Gasteiger partial charge < -0.3 is 10.5 Å². The average Bonchev–Trinajstić information content (AvgIpc) is 3.06. The Hall–Kier alpha value is -0.980. The Morgan fingerprint density at radius 3 is 2.65 bits per heavy atom. The fraction of sp³-hybridized carbons (Fsp3) is 0.571. The lowest BCUT2D eigenvalue weighted by molar-refractivity contribution is 0.101. The first kappa shape index (κ1) is 15.4. The molecular formula is C14H20FNO3S. The van der Waals surface area contributed by atoms with Gasteiger partial charge in [-0.3, -0.25) is 0 Å². The number of halogens is 1. The molecule has 0 spiro atoms. The first-order valence-electron chi connectivity index (χ1n) is 6.59. The largest absolute Gasteiger partial charge is 0.381 e. The summed E-state index contributed by atoms with van der Waals surface area (Å²) < 4.78 is 42.8. The van der Waals surface area contributed by atoms with Gasteiger partial charge in [0.05, 0.1) is 11.9 Å². The molecule has 112 valence electrons. The van der Waals surface area contributed by atoms with E-state index in [2.05, 4.69) is 0 Å². The van der Waals surface area contributed by atoms with E-state index in [1.807, 2.05) is 6.92 Å². The van der Waals surface area contributed by atoms with E-state index in [-0.39, 0.29) is 24.9 Å². The van der Waals surface area contributed by atoms with Gasteiger partial charge in [-0.25, -0.2) is 12.8 Å². The second kappa shape index (κ2) is 5.42. The standard InChI is InChI=1S/C14H20FNO3S/c1-3-19-9-14(8-16)12(13(14)20(2,17)18)10-5-4-6-11(15)7-10/h4-7,12-13H,3,8-9,16H2,1-2H3/t12-,13+,14+/m1/s1. The molecule has 2 rings (SSSR count). The van der Waals surface area contributed by atoms with Gasteiger partial charge in [-0.15, -0.1) is 0 Å². The Morgan fingerprint density at radius 2 is 2.15 bits per heavy atom. The minimum absolute atomic E-state index is 0.200. The van der Waals surface area contributed by atoms with Crippen LogP contribution in [0.2, 0.25) is 0 Å². The van der Waals surface area contributed by atoms with Gasteiger partial charge in [0.15, 0.2) is 9.84 Å². The van der Waals surface area contributed by atoms with E-state index >= 15 is 0 Å². The molecule has 1 aliphatic rings. The van der Waals surface area contributed by atoms with E-state index in [4.69, 9.17) is 10.5 Å². The summed E-state index contributed by atoms with van der Waals surface area (Å²) in [7, 11) is -3.27. The van der Waals surface area contributed by atoms with Crippen molar-refractivity contribution in [3.63, 3.8) is 0 Å². The molecule has 1 aliphatic carbocycles. The molecule has 4 nitrogen and oxygen atoms in total. The number of nitrogens with two attached hydrogens (primary N) is 1. The first-order valence-corrected chi connectivity index (χ1v) is 8.54. The van der Waals surface area contributed by atoms with E-state index in [1.165, 1.54) is 18.4 Å². The topological polar surface area (TPSA) is 69.4 Å². The minimum atomic E-state index is -3.27. The highest BCUT2D eigenvalue weighted by molar-refractivity contribution is 7.91. The van der Waals surface area contributed by atoms with Crippen LogP contribution in [0.25, 0.3) is 0 Å². The van der Waals surface area contributed by atoms with Crippen molar-refractivity contribution in [2.75, 3.05) is 26.0 Å². The molecule has 1 fully saturated rings. The fourth-order valence-electron chi connectivity index (χ4n) is 3.10. The molecule has 0 unspecified atom stereocenters. The number of sulfone groups is 1. The summed E-state index contributed by atoms with van der Waals surface area (Å²) in [6.45, 7) is 2.82. The zero-order chi connectivity index (χ0) is 15.0. The summed E-state index contributed by atoms with van der Waals surface area (Å²) in [6, 6.07) is 6.06. The Kier molecular flexibility index (Phi) is 4.18. The first-order chi connectivity index (χ1) is 9.36. The highest BCUT2D eigenvalue weighted by atomic mass is 32.2. The minimum Gasteiger partial charge on any atom is -0.381 e. The molecule has 0 radical (unpaired) electrons. The van der Waals surface area contributed by atoms with Gasteiger partial charge in [0.25, 0.3) is 0 Å². The lowest BCUT2D eigenvalue weighted by Gasteiger charge is -2.15.